The van der Waals surface area contributed by atoms with E-state index >= 15 is 0 Å². The van der Waals surface area contributed by atoms with E-state index in [0.29, 0.717) is 12.8 Å². The molecule has 0 aliphatic rings. The van der Waals surface area contributed by atoms with E-state index in [-0.39, 0.29) is 5.69 Å². The van der Waals surface area contributed by atoms with E-state index in [9.17, 15) is 14.4 Å². The second kappa shape index (κ2) is 7.80. The quantitative estimate of drug-likeness (QED) is 0.842. The lowest BCUT2D eigenvalue weighted by Gasteiger charge is -2.20. The molecular formula is C16H24N2O5. The molecule has 1 amide bonds. The molecule has 1 aromatic rings. The highest BCUT2D eigenvalue weighted by atomic mass is 16.6. The molecule has 1 rings (SSSR count). The molecule has 1 N–H and O–H groups in total. The lowest BCUT2D eigenvalue weighted by molar-refractivity contribution is -0.144. The molecule has 0 saturated carbocycles. The third kappa shape index (κ3) is 5.43. The zero-order valence-electron chi connectivity index (χ0n) is 14.2. The van der Waals surface area contributed by atoms with Gasteiger partial charge in [-0.3, -0.25) is 14.7 Å². The Morgan fingerprint density at radius 3 is 2.52 bits per heavy atom. The molecule has 0 aliphatic heterocycles. The van der Waals surface area contributed by atoms with E-state index < -0.39 is 29.3 Å². The highest BCUT2D eigenvalue weighted by Crippen LogP contribution is 2.15. The molecule has 0 aliphatic carbocycles. The van der Waals surface area contributed by atoms with Crippen molar-refractivity contribution in [1.29, 1.82) is 0 Å². The summed E-state index contributed by atoms with van der Waals surface area (Å²) in [5.74, 6) is -0.497. The van der Waals surface area contributed by atoms with Gasteiger partial charge in [-0.25, -0.2) is 9.59 Å². The van der Waals surface area contributed by atoms with Gasteiger partial charge in [0.2, 0.25) is 0 Å². The molecule has 1 heterocycles. The van der Waals surface area contributed by atoms with Crippen LogP contribution >= 0.6 is 0 Å². The summed E-state index contributed by atoms with van der Waals surface area (Å²) in [7, 11) is 1.28. The number of hydrogen-bond donors (Lipinski definition) is 1. The maximum absolute atomic E-state index is 12.5. The first-order valence-corrected chi connectivity index (χ1v) is 7.48. The predicted molar refractivity (Wildman–Crippen MR) is 86.5 cm³/mol. The van der Waals surface area contributed by atoms with Crippen molar-refractivity contribution in [2.75, 3.05) is 12.4 Å². The molecule has 1 atom stereocenters. The van der Waals surface area contributed by atoms with Crippen LogP contribution in [0.15, 0.2) is 23.1 Å². The summed E-state index contributed by atoms with van der Waals surface area (Å²) in [6, 6.07) is 2.32. The number of hydrogen-bond acceptors (Lipinski definition) is 5. The number of anilines is 1. The maximum Gasteiger partial charge on any atom is 0.412 e. The molecule has 128 valence electrons. The predicted octanol–water partition coefficient (Wildman–Crippen LogP) is 2.71. The van der Waals surface area contributed by atoms with Crippen LogP contribution in [0, 0.1) is 0 Å². The first-order chi connectivity index (χ1) is 10.7. The highest BCUT2D eigenvalue weighted by molar-refractivity contribution is 5.84. The summed E-state index contributed by atoms with van der Waals surface area (Å²) >= 11 is 0. The Balaban J connectivity index is 3.08. The molecular weight excluding hydrogens is 300 g/mol. The molecule has 23 heavy (non-hydrogen) atoms. The van der Waals surface area contributed by atoms with Gasteiger partial charge in [0.05, 0.1) is 7.11 Å². The second-order valence-electron chi connectivity index (χ2n) is 6.09. The highest BCUT2D eigenvalue weighted by Gasteiger charge is 2.23. The molecule has 7 nitrogen and oxygen atoms in total. The summed E-state index contributed by atoms with van der Waals surface area (Å²) in [6.07, 6.45) is 1.94. The van der Waals surface area contributed by atoms with E-state index in [0.717, 1.165) is 0 Å². The van der Waals surface area contributed by atoms with Gasteiger partial charge >= 0.3 is 12.1 Å². The number of nitrogens with zero attached hydrogens (tertiary/aromatic N) is 1. The monoisotopic (exact) mass is 324 g/mol. The van der Waals surface area contributed by atoms with Crippen LogP contribution in [0.4, 0.5) is 10.5 Å². The zero-order chi connectivity index (χ0) is 17.6. The van der Waals surface area contributed by atoms with E-state index in [2.05, 4.69) is 5.32 Å². The SMILES string of the molecule is CCC[C@@H](C(=O)OC)n1cccc(NC(=O)OC(C)(C)C)c1=O. The van der Waals surface area contributed by atoms with Crippen LogP contribution in [-0.4, -0.2) is 29.3 Å². The van der Waals surface area contributed by atoms with Gasteiger partial charge in [-0.05, 0) is 39.3 Å². The Kier molecular flexibility index (Phi) is 6.36. The lowest BCUT2D eigenvalue weighted by Crippen LogP contribution is -2.34. The molecule has 0 bridgehead atoms. The van der Waals surface area contributed by atoms with Gasteiger partial charge in [0, 0.05) is 6.20 Å². The number of carbonyl (C=O) groups excluding carboxylic acids is 2. The third-order valence-electron chi connectivity index (χ3n) is 2.98. The Morgan fingerprint density at radius 1 is 1.35 bits per heavy atom. The van der Waals surface area contributed by atoms with Crippen LogP contribution in [-0.2, 0) is 14.3 Å². The summed E-state index contributed by atoms with van der Waals surface area (Å²) in [5.41, 5.74) is -1.11. The van der Waals surface area contributed by atoms with Crippen molar-refractivity contribution in [2.45, 2.75) is 52.2 Å². The minimum atomic E-state index is -0.725. The first-order valence-electron chi connectivity index (χ1n) is 7.48. The number of nitrogens with one attached hydrogen (secondary N) is 1. The van der Waals surface area contributed by atoms with Gasteiger partial charge in [-0.15, -0.1) is 0 Å². The van der Waals surface area contributed by atoms with E-state index in [1.165, 1.54) is 23.9 Å². The number of rotatable bonds is 5. The molecule has 0 radical (unpaired) electrons. The first kappa shape index (κ1) is 18.7. The fourth-order valence-electron chi connectivity index (χ4n) is 2.04. The topological polar surface area (TPSA) is 86.6 Å². The van der Waals surface area contributed by atoms with Crippen molar-refractivity contribution < 1.29 is 19.1 Å². The number of carbonyl (C=O) groups is 2. The Hall–Kier alpha value is -2.31. The van der Waals surface area contributed by atoms with Gasteiger partial charge in [0.25, 0.3) is 5.56 Å². The van der Waals surface area contributed by atoms with Crippen molar-refractivity contribution >= 4 is 17.7 Å². The molecule has 0 saturated heterocycles. The number of methoxy groups -OCH3 is 1. The van der Waals surface area contributed by atoms with E-state index in [1.54, 1.807) is 26.8 Å². The van der Waals surface area contributed by atoms with Crippen LogP contribution in [0.5, 0.6) is 0 Å². The van der Waals surface area contributed by atoms with Crippen LogP contribution in [0.25, 0.3) is 0 Å². The van der Waals surface area contributed by atoms with Crippen molar-refractivity contribution in [3.05, 3.63) is 28.7 Å². The normalized spacial score (nSPS) is 12.4. The largest absolute Gasteiger partial charge is 0.467 e. The number of pyridine rings is 1. The lowest BCUT2D eigenvalue weighted by atomic mass is 10.1. The van der Waals surface area contributed by atoms with Crippen molar-refractivity contribution in [3.63, 3.8) is 0 Å². The van der Waals surface area contributed by atoms with Crippen LogP contribution in [0.2, 0.25) is 0 Å². The van der Waals surface area contributed by atoms with Gasteiger partial charge in [0.15, 0.2) is 0 Å². The molecule has 0 unspecified atom stereocenters. The fraction of sp³-hybridized carbons (Fsp3) is 0.562. The fourth-order valence-corrected chi connectivity index (χ4v) is 2.04. The average molecular weight is 324 g/mol. The summed E-state index contributed by atoms with van der Waals surface area (Å²) in [5, 5.41) is 2.41. The van der Waals surface area contributed by atoms with Gasteiger partial charge < -0.3 is 9.47 Å². The van der Waals surface area contributed by atoms with Crippen LogP contribution in [0.1, 0.15) is 46.6 Å². The smallest absolute Gasteiger partial charge is 0.412 e. The molecule has 0 fully saturated rings. The number of amides is 1. The third-order valence-corrected chi connectivity index (χ3v) is 2.98. The zero-order valence-corrected chi connectivity index (χ0v) is 14.2. The average Bonchev–Trinajstić information content (AvgIpc) is 2.44. The van der Waals surface area contributed by atoms with Crippen LogP contribution in [0.3, 0.4) is 0 Å². The van der Waals surface area contributed by atoms with Crippen molar-refractivity contribution in [3.8, 4) is 0 Å². The van der Waals surface area contributed by atoms with Crippen LogP contribution < -0.4 is 10.9 Å². The standard InChI is InChI=1S/C16H24N2O5/c1-6-8-12(14(20)22-5)18-10-7-9-11(13(18)19)17-15(21)23-16(2,3)4/h7,9-10,12H,6,8H2,1-5H3,(H,17,21)/t12-/m0/s1. The number of aromatic nitrogens is 1. The summed E-state index contributed by atoms with van der Waals surface area (Å²) in [4.78, 5) is 36.2. The van der Waals surface area contributed by atoms with Gasteiger partial charge in [0.1, 0.15) is 17.3 Å². The molecule has 0 spiro atoms. The molecule has 1 aromatic heterocycles. The van der Waals surface area contributed by atoms with Gasteiger partial charge in [-0.2, -0.15) is 0 Å². The Bertz CT molecular complexity index is 616. The summed E-state index contributed by atoms with van der Waals surface area (Å²) < 4.78 is 11.1. The maximum atomic E-state index is 12.5. The molecule has 0 aromatic carbocycles. The number of ether oxygens (including phenoxy) is 2. The Morgan fingerprint density at radius 2 is 2.00 bits per heavy atom. The van der Waals surface area contributed by atoms with E-state index in [4.69, 9.17) is 9.47 Å². The Labute approximate surface area is 135 Å². The minimum Gasteiger partial charge on any atom is -0.467 e. The van der Waals surface area contributed by atoms with E-state index in [1.807, 2.05) is 6.92 Å². The number of esters is 1. The van der Waals surface area contributed by atoms with Crippen molar-refractivity contribution in [1.82, 2.24) is 4.57 Å². The molecule has 7 heteroatoms. The minimum absolute atomic E-state index is 0.0479. The van der Waals surface area contributed by atoms with Gasteiger partial charge in [-0.1, -0.05) is 13.3 Å². The second-order valence-corrected chi connectivity index (χ2v) is 6.09. The summed E-state index contributed by atoms with van der Waals surface area (Å²) in [6.45, 7) is 7.09. The van der Waals surface area contributed by atoms with Crippen molar-refractivity contribution in [2.24, 2.45) is 0 Å².